The van der Waals surface area contributed by atoms with Crippen molar-refractivity contribution in [1.82, 2.24) is 25.4 Å². The van der Waals surface area contributed by atoms with Crippen molar-refractivity contribution in [3.05, 3.63) is 40.8 Å². The molecular formula is C21H33IN6O. The number of ether oxygens (including phenoxy) is 1. The highest BCUT2D eigenvalue weighted by Crippen LogP contribution is 2.29. The molecule has 0 radical (unpaired) electrons. The van der Waals surface area contributed by atoms with Gasteiger partial charge in [0.15, 0.2) is 5.96 Å². The monoisotopic (exact) mass is 512 g/mol. The van der Waals surface area contributed by atoms with Crippen LogP contribution in [0.1, 0.15) is 42.3 Å². The highest BCUT2D eigenvalue weighted by molar-refractivity contribution is 14.0. The molecular weight excluding hydrogens is 479 g/mol. The van der Waals surface area contributed by atoms with Gasteiger partial charge in [-0.05, 0) is 57.1 Å². The normalized spacial score (nSPS) is 14.9. The van der Waals surface area contributed by atoms with Gasteiger partial charge in [-0.1, -0.05) is 6.07 Å². The second kappa shape index (κ2) is 10.8. The Labute approximate surface area is 190 Å². The van der Waals surface area contributed by atoms with E-state index in [1.807, 2.05) is 30.1 Å². The average Bonchev–Trinajstić information content (AvgIpc) is 3.48. The Hall–Kier alpha value is -1.84. The van der Waals surface area contributed by atoms with Crippen LogP contribution in [0.3, 0.4) is 0 Å². The van der Waals surface area contributed by atoms with E-state index in [9.17, 15) is 0 Å². The van der Waals surface area contributed by atoms with Gasteiger partial charge in [-0.2, -0.15) is 5.10 Å². The van der Waals surface area contributed by atoms with Gasteiger partial charge in [0.1, 0.15) is 0 Å². The zero-order chi connectivity index (χ0) is 20.1. The van der Waals surface area contributed by atoms with Gasteiger partial charge in [0.25, 0.3) is 0 Å². The van der Waals surface area contributed by atoms with E-state index in [1.54, 1.807) is 7.05 Å². The first kappa shape index (κ1) is 23.4. The molecule has 2 N–H and O–H groups in total. The molecule has 29 heavy (non-hydrogen) atoms. The number of halogens is 1. The molecule has 2 aromatic rings. The predicted octanol–water partition coefficient (Wildman–Crippen LogP) is 3.13. The second-order valence-corrected chi connectivity index (χ2v) is 7.71. The van der Waals surface area contributed by atoms with E-state index in [2.05, 4.69) is 46.5 Å². The molecule has 1 fully saturated rings. The first-order chi connectivity index (χ1) is 13.5. The van der Waals surface area contributed by atoms with E-state index < -0.39 is 0 Å². The maximum absolute atomic E-state index is 5.69. The minimum Gasteiger partial charge on any atom is -0.477 e. The Morgan fingerprint density at radius 2 is 2.10 bits per heavy atom. The smallest absolute Gasteiger partial charge is 0.213 e. The molecule has 1 unspecified atom stereocenters. The minimum absolute atomic E-state index is 0. The van der Waals surface area contributed by atoms with E-state index in [0.717, 1.165) is 36.2 Å². The third kappa shape index (κ3) is 6.87. The number of aliphatic imine (C=N–C) groups is 1. The van der Waals surface area contributed by atoms with Crippen molar-refractivity contribution >= 4 is 29.9 Å². The molecule has 2 aromatic heterocycles. The topological polar surface area (TPSA) is 76.4 Å². The van der Waals surface area contributed by atoms with Crippen molar-refractivity contribution in [3.8, 4) is 5.88 Å². The quantitative estimate of drug-likeness (QED) is 0.323. The maximum atomic E-state index is 5.69. The summed E-state index contributed by atoms with van der Waals surface area (Å²) in [5.41, 5.74) is 4.69. The fraction of sp³-hybridized carbons (Fsp3) is 0.571. The van der Waals surface area contributed by atoms with Gasteiger partial charge < -0.3 is 15.4 Å². The van der Waals surface area contributed by atoms with Crippen LogP contribution < -0.4 is 15.4 Å². The van der Waals surface area contributed by atoms with Crippen LogP contribution in [0.2, 0.25) is 0 Å². The summed E-state index contributed by atoms with van der Waals surface area (Å²) in [7, 11) is 3.77. The third-order valence-corrected chi connectivity index (χ3v) is 5.20. The van der Waals surface area contributed by atoms with Crippen LogP contribution in [0.15, 0.2) is 23.3 Å². The summed E-state index contributed by atoms with van der Waals surface area (Å²) in [4.78, 5) is 8.73. The molecule has 1 aliphatic rings. The van der Waals surface area contributed by atoms with E-state index in [0.29, 0.717) is 12.4 Å². The first-order valence-corrected chi connectivity index (χ1v) is 10.00. The zero-order valence-electron chi connectivity index (χ0n) is 18.0. The van der Waals surface area contributed by atoms with Gasteiger partial charge in [0, 0.05) is 44.6 Å². The number of rotatable bonds is 8. The number of guanidine groups is 1. The molecule has 0 aliphatic heterocycles. The van der Waals surface area contributed by atoms with Crippen molar-refractivity contribution in [2.75, 3.05) is 13.7 Å². The molecule has 1 atom stereocenters. The van der Waals surface area contributed by atoms with Gasteiger partial charge in [0.05, 0.1) is 12.3 Å². The fourth-order valence-corrected chi connectivity index (χ4v) is 3.17. The predicted molar refractivity (Wildman–Crippen MR) is 127 cm³/mol. The molecule has 0 amide bonds. The summed E-state index contributed by atoms with van der Waals surface area (Å²) in [6.45, 7) is 7.78. The van der Waals surface area contributed by atoms with Crippen LogP contribution in [0.4, 0.5) is 0 Å². The molecule has 0 aromatic carbocycles. The lowest BCUT2D eigenvalue weighted by molar-refractivity contribution is 0.288. The summed E-state index contributed by atoms with van der Waals surface area (Å²) in [6, 6.07) is 4.22. The number of hydrogen-bond acceptors (Lipinski definition) is 4. The Morgan fingerprint density at radius 1 is 1.34 bits per heavy atom. The molecule has 7 nitrogen and oxygen atoms in total. The molecule has 2 heterocycles. The largest absolute Gasteiger partial charge is 0.477 e. The maximum Gasteiger partial charge on any atom is 0.213 e. The number of hydrogen-bond donors (Lipinski definition) is 2. The lowest BCUT2D eigenvalue weighted by Gasteiger charge is -2.18. The summed E-state index contributed by atoms with van der Waals surface area (Å²) in [5, 5.41) is 11.3. The average molecular weight is 512 g/mol. The Kier molecular flexibility index (Phi) is 8.73. The number of nitrogens with zero attached hydrogens (tertiary/aromatic N) is 4. The lowest BCUT2D eigenvalue weighted by Crippen LogP contribution is -2.42. The van der Waals surface area contributed by atoms with E-state index in [4.69, 9.17) is 4.74 Å². The van der Waals surface area contributed by atoms with Gasteiger partial charge in [-0.25, -0.2) is 4.98 Å². The summed E-state index contributed by atoms with van der Waals surface area (Å²) in [5.74, 6) is 2.22. The van der Waals surface area contributed by atoms with E-state index in [-0.39, 0.29) is 30.0 Å². The second-order valence-electron chi connectivity index (χ2n) is 7.71. The van der Waals surface area contributed by atoms with Crippen LogP contribution in [0, 0.1) is 19.8 Å². The van der Waals surface area contributed by atoms with Crippen LogP contribution in [0.25, 0.3) is 0 Å². The molecule has 0 saturated heterocycles. The van der Waals surface area contributed by atoms with Crippen molar-refractivity contribution in [3.63, 3.8) is 0 Å². The fourth-order valence-electron chi connectivity index (χ4n) is 3.17. The highest BCUT2D eigenvalue weighted by atomic mass is 127. The van der Waals surface area contributed by atoms with Crippen molar-refractivity contribution in [2.45, 2.75) is 52.6 Å². The van der Waals surface area contributed by atoms with Gasteiger partial charge in [0.2, 0.25) is 5.88 Å². The molecule has 1 aliphatic carbocycles. The molecule has 3 rings (SSSR count). The summed E-state index contributed by atoms with van der Waals surface area (Å²) >= 11 is 0. The summed E-state index contributed by atoms with van der Waals surface area (Å²) < 4.78 is 7.63. The number of pyridine rings is 1. The lowest BCUT2D eigenvalue weighted by atomic mass is 10.1. The van der Waals surface area contributed by atoms with Gasteiger partial charge >= 0.3 is 0 Å². The number of nitrogens with one attached hydrogen (secondary N) is 2. The van der Waals surface area contributed by atoms with Crippen LogP contribution in [0.5, 0.6) is 5.88 Å². The number of aryl methyl sites for hydroxylation is 2. The molecule has 1 saturated carbocycles. The van der Waals surface area contributed by atoms with Gasteiger partial charge in [-0.15, -0.1) is 24.0 Å². The van der Waals surface area contributed by atoms with Crippen LogP contribution in [-0.2, 0) is 20.0 Å². The Bertz CT molecular complexity index is 813. The Morgan fingerprint density at radius 3 is 2.66 bits per heavy atom. The molecule has 160 valence electrons. The third-order valence-electron chi connectivity index (χ3n) is 5.20. The van der Waals surface area contributed by atoms with Crippen LogP contribution >= 0.6 is 24.0 Å². The molecule has 0 spiro atoms. The molecule has 8 heteroatoms. The SMILES string of the molecule is CN=C(NCc1ccc(OCC2CC2)nc1)NC(C)Cc1c(C)nn(C)c1C.I. The Balaban J connectivity index is 0.00000300. The highest BCUT2D eigenvalue weighted by Gasteiger charge is 2.22. The molecule has 0 bridgehead atoms. The van der Waals surface area contributed by atoms with Crippen molar-refractivity contribution < 1.29 is 4.74 Å². The standard InChI is InChI=1S/C21H32N6O.HI/c1-14(10-19-15(2)26-27(5)16(19)3)25-21(22-4)24-12-18-8-9-20(23-11-18)28-13-17-6-7-17;/h8-9,11,14,17H,6-7,10,12-13H2,1-5H3,(H2,22,24,25);1H. The van der Waals surface area contributed by atoms with Crippen LogP contribution in [-0.4, -0.2) is 40.4 Å². The number of aromatic nitrogens is 3. The minimum atomic E-state index is 0. The van der Waals surface area contributed by atoms with E-state index >= 15 is 0 Å². The van der Waals surface area contributed by atoms with Gasteiger partial charge in [-0.3, -0.25) is 9.67 Å². The van der Waals surface area contributed by atoms with Crippen molar-refractivity contribution in [2.24, 2.45) is 18.0 Å². The van der Waals surface area contributed by atoms with E-state index in [1.165, 1.54) is 24.1 Å². The summed E-state index contributed by atoms with van der Waals surface area (Å²) in [6.07, 6.45) is 5.33. The zero-order valence-corrected chi connectivity index (χ0v) is 20.4. The van der Waals surface area contributed by atoms with Crippen molar-refractivity contribution in [1.29, 1.82) is 0 Å². The first-order valence-electron chi connectivity index (χ1n) is 10.00.